The van der Waals surface area contributed by atoms with Gasteiger partial charge in [-0.3, -0.25) is 4.98 Å². The third-order valence-corrected chi connectivity index (χ3v) is 6.19. The van der Waals surface area contributed by atoms with Crippen molar-refractivity contribution in [2.24, 2.45) is 7.05 Å². The molecular formula is C29H21N3O. The number of rotatable bonds is 3. The minimum absolute atomic E-state index is 0.231. The van der Waals surface area contributed by atoms with Crippen molar-refractivity contribution in [1.82, 2.24) is 14.5 Å². The number of imidazole rings is 1. The van der Waals surface area contributed by atoms with Gasteiger partial charge in [0.2, 0.25) is 0 Å². The maximum Gasteiger partial charge on any atom is 0.139 e. The summed E-state index contributed by atoms with van der Waals surface area (Å²) in [4.78, 5) is 9.20. The van der Waals surface area contributed by atoms with Gasteiger partial charge < -0.3 is 9.67 Å². The standard InChI is InChI=1S/C29H21N3O/c1-32-16-15-31-29(32)22-10-6-9-20(17-22)25-18-21-8-3-4-11-23(21)26(28(25)33)27-24-12-5-2-7-19(24)13-14-30-27/h2-18,33H,1H3. The Hall–Kier alpha value is -4.44. The Morgan fingerprint density at radius 2 is 1.45 bits per heavy atom. The molecule has 2 aromatic heterocycles. The molecule has 0 fully saturated rings. The molecule has 0 amide bonds. The number of hydrogen-bond donors (Lipinski definition) is 1. The second-order valence-electron chi connectivity index (χ2n) is 8.19. The maximum absolute atomic E-state index is 11.7. The molecule has 0 spiro atoms. The van der Waals surface area contributed by atoms with Gasteiger partial charge in [-0.25, -0.2) is 4.98 Å². The van der Waals surface area contributed by atoms with E-state index >= 15 is 0 Å². The molecule has 0 aliphatic rings. The third-order valence-electron chi connectivity index (χ3n) is 6.19. The van der Waals surface area contributed by atoms with E-state index in [0.29, 0.717) is 0 Å². The number of fused-ring (bicyclic) bond motifs is 2. The summed E-state index contributed by atoms with van der Waals surface area (Å²) in [5.41, 5.74) is 4.23. The van der Waals surface area contributed by atoms with E-state index in [-0.39, 0.29) is 5.75 Å². The van der Waals surface area contributed by atoms with Crippen molar-refractivity contribution in [2.75, 3.05) is 0 Å². The van der Waals surface area contributed by atoms with Crippen LogP contribution in [0.25, 0.3) is 55.3 Å². The molecule has 0 aliphatic carbocycles. The predicted molar refractivity (Wildman–Crippen MR) is 134 cm³/mol. The molecule has 2 heterocycles. The van der Waals surface area contributed by atoms with Gasteiger partial charge in [-0.15, -0.1) is 0 Å². The molecule has 4 heteroatoms. The lowest BCUT2D eigenvalue weighted by Gasteiger charge is -2.16. The van der Waals surface area contributed by atoms with Gasteiger partial charge in [-0.2, -0.15) is 0 Å². The van der Waals surface area contributed by atoms with Gasteiger partial charge in [0.25, 0.3) is 0 Å². The van der Waals surface area contributed by atoms with E-state index < -0.39 is 0 Å². The maximum atomic E-state index is 11.7. The van der Waals surface area contributed by atoms with Crippen LogP contribution in [0.4, 0.5) is 0 Å². The van der Waals surface area contributed by atoms with Crippen LogP contribution in [0.1, 0.15) is 0 Å². The molecule has 1 N–H and O–H groups in total. The molecule has 33 heavy (non-hydrogen) atoms. The van der Waals surface area contributed by atoms with Crippen molar-refractivity contribution in [3.63, 3.8) is 0 Å². The number of aromatic hydroxyl groups is 1. The zero-order valence-corrected chi connectivity index (χ0v) is 18.1. The number of aryl methyl sites for hydroxylation is 1. The largest absolute Gasteiger partial charge is 0.507 e. The fourth-order valence-corrected chi connectivity index (χ4v) is 4.58. The second kappa shape index (κ2) is 7.61. The number of pyridine rings is 1. The fraction of sp³-hybridized carbons (Fsp3) is 0.0345. The molecule has 0 bridgehead atoms. The molecule has 0 radical (unpaired) electrons. The van der Waals surface area contributed by atoms with Crippen LogP contribution in [-0.4, -0.2) is 19.6 Å². The van der Waals surface area contributed by atoms with E-state index in [9.17, 15) is 5.11 Å². The van der Waals surface area contributed by atoms with Crippen molar-refractivity contribution in [3.05, 3.63) is 104 Å². The third kappa shape index (κ3) is 3.15. The molecule has 0 saturated carbocycles. The zero-order valence-electron chi connectivity index (χ0n) is 18.1. The zero-order chi connectivity index (χ0) is 22.4. The lowest BCUT2D eigenvalue weighted by molar-refractivity contribution is 0.480. The van der Waals surface area contributed by atoms with E-state index in [0.717, 1.165) is 55.3 Å². The van der Waals surface area contributed by atoms with E-state index in [2.05, 4.69) is 35.3 Å². The molecule has 0 atom stereocenters. The minimum Gasteiger partial charge on any atom is -0.507 e. The van der Waals surface area contributed by atoms with E-state index in [4.69, 9.17) is 4.98 Å². The highest BCUT2D eigenvalue weighted by Gasteiger charge is 2.19. The normalized spacial score (nSPS) is 11.3. The number of aromatic nitrogens is 3. The second-order valence-corrected chi connectivity index (χ2v) is 8.19. The highest BCUT2D eigenvalue weighted by Crippen LogP contribution is 2.45. The van der Waals surface area contributed by atoms with Crippen molar-refractivity contribution in [3.8, 4) is 39.5 Å². The summed E-state index contributed by atoms with van der Waals surface area (Å²) >= 11 is 0. The molecule has 0 aliphatic heterocycles. The SMILES string of the molecule is Cn1ccnc1-c1cccc(-c2cc3ccccc3c(-c3nccc4ccccc34)c2O)c1. The lowest BCUT2D eigenvalue weighted by Crippen LogP contribution is -1.93. The Bertz CT molecular complexity index is 1640. The Kier molecular flexibility index (Phi) is 4.44. The number of benzene rings is 4. The highest BCUT2D eigenvalue weighted by molar-refractivity contribution is 6.09. The summed E-state index contributed by atoms with van der Waals surface area (Å²) < 4.78 is 1.99. The summed E-state index contributed by atoms with van der Waals surface area (Å²) in [6, 6.07) is 28.5. The van der Waals surface area contributed by atoms with Crippen LogP contribution in [0.5, 0.6) is 5.75 Å². The average Bonchev–Trinajstić information content (AvgIpc) is 3.29. The number of nitrogens with zero attached hydrogens (tertiary/aromatic N) is 3. The first-order valence-corrected chi connectivity index (χ1v) is 10.9. The van der Waals surface area contributed by atoms with Gasteiger partial charge in [0.05, 0.1) is 11.3 Å². The van der Waals surface area contributed by atoms with Crippen LogP contribution in [0.15, 0.2) is 104 Å². The van der Waals surface area contributed by atoms with Gasteiger partial charge in [-0.05, 0) is 39.9 Å². The van der Waals surface area contributed by atoms with Crippen molar-refractivity contribution in [1.29, 1.82) is 0 Å². The van der Waals surface area contributed by atoms with Crippen LogP contribution >= 0.6 is 0 Å². The molecule has 6 rings (SSSR count). The predicted octanol–water partition coefficient (Wildman–Crippen LogP) is 6.83. The van der Waals surface area contributed by atoms with Crippen LogP contribution in [-0.2, 0) is 7.05 Å². The van der Waals surface area contributed by atoms with Crippen LogP contribution in [0.3, 0.4) is 0 Å². The first-order chi connectivity index (χ1) is 16.2. The summed E-state index contributed by atoms with van der Waals surface area (Å²) in [5, 5.41) is 15.8. The average molecular weight is 428 g/mol. The number of phenols is 1. The quantitative estimate of drug-likeness (QED) is 0.337. The Labute approximate surface area is 191 Å². The number of phenolic OH excluding ortho intramolecular Hbond substituents is 1. The van der Waals surface area contributed by atoms with Gasteiger partial charge >= 0.3 is 0 Å². The summed E-state index contributed by atoms with van der Waals surface area (Å²) in [5.74, 6) is 1.11. The van der Waals surface area contributed by atoms with Gasteiger partial charge in [0, 0.05) is 42.2 Å². The fourth-order valence-electron chi connectivity index (χ4n) is 4.58. The molecule has 4 aromatic carbocycles. The van der Waals surface area contributed by atoms with Crippen LogP contribution in [0.2, 0.25) is 0 Å². The first-order valence-electron chi connectivity index (χ1n) is 10.9. The number of hydrogen-bond acceptors (Lipinski definition) is 3. The van der Waals surface area contributed by atoms with E-state index in [1.165, 1.54) is 0 Å². The van der Waals surface area contributed by atoms with Crippen molar-refractivity contribution < 1.29 is 5.11 Å². The minimum atomic E-state index is 0.231. The van der Waals surface area contributed by atoms with Crippen molar-refractivity contribution >= 4 is 21.5 Å². The van der Waals surface area contributed by atoms with Crippen molar-refractivity contribution in [2.45, 2.75) is 0 Å². The van der Waals surface area contributed by atoms with Gasteiger partial charge in [0.1, 0.15) is 11.6 Å². The Balaban J connectivity index is 1.65. The van der Waals surface area contributed by atoms with Crippen LogP contribution in [0, 0.1) is 0 Å². The van der Waals surface area contributed by atoms with E-state index in [1.54, 1.807) is 12.4 Å². The molecule has 0 unspecified atom stereocenters. The summed E-state index contributed by atoms with van der Waals surface area (Å²) in [6.07, 6.45) is 5.53. The molecule has 0 saturated heterocycles. The monoisotopic (exact) mass is 427 g/mol. The molecule has 158 valence electrons. The highest BCUT2D eigenvalue weighted by atomic mass is 16.3. The van der Waals surface area contributed by atoms with Crippen LogP contribution < -0.4 is 0 Å². The first kappa shape index (κ1) is 19.3. The summed E-state index contributed by atoms with van der Waals surface area (Å²) in [6.45, 7) is 0. The molecule has 4 nitrogen and oxygen atoms in total. The van der Waals surface area contributed by atoms with Gasteiger partial charge in [-0.1, -0.05) is 66.7 Å². The van der Waals surface area contributed by atoms with E-state index in [1.807, 2.05) is 72.4 Å². The topological polar surface area (TPSA) is 50.9 Å². The Morgan fingerprint density at radius 3 is 2.27 bits per heavy atom. The summed E-state index contributed by atoms with van der Waals surface area (Å²) in [7, 11) is 1.98. The lowest BCUT2D eigenvalue weighted by atomic mass is 9.91. The smallest absolute Gasteiger partial charge is 0.139 e. The van der Waals surface area contributed by atoms with Gasteiger partial charge in [0.15, 0.2) is 0 Å². The Morgan fingerprint density at radius 1 is 0.697 bits per heavy atom. The molecule has 6 aromatic rings. The molecular weight excluding hydrogens is 406 g/mol.